The smallest absolute Gasteiger partial charge is 0.412 e. The molecule has 0 bridgehead atoms. The molecule has 0 aromatic heterocycles. The third-order valence-electron chi connectivity index (χ3n) is 6.49. The highest BCUT2D eigenvalue weighted by Crippen LogP contribution is 2.40. The third kappa shape index (κ3) is 5.54. The topological polar surface area (TPSA) is 76.1 Å². The molecule has 1 aromatic rings. The molecule has 1 saturated carbocycles. The number of carboxylic acid groups (broad SMARTS) is 1. The van der Waals surface area contributed by atoms with Crippen molar-refractivity contribution in [3.63, 3.8) is 0 Å². The second kappa shape index (κ2) is 9.82. The maximum Gasteiger partial charge on any atom is 0.412 e. The van der Waals surface area contributed by atoms with Crippen molar-refractivity contribution in [3.8, 4) is 0 Å². The van der Waals surface area contributed by atoms with Gasteiger partial charge < -0.3 is 14.6 Å². The fraction of sp³-hybridized carbons (Fsp3) is 0.667. The number of nitrogens with zero attached hydrogens (tertiary/aromatic N) is 1. The van der Waals surface area contributed by atoms with Crippen LogP contribution in [0.15, 0.2) is 30.3 Å². The Hall–Kier alpha value is -2.08. The molecular formula is C24H35NO5. The Kier molecular flexibility index (Phi) is 7.40. The zero-order valence-corrected chi connectivity index (χ0v) is 18.4. The summed E-state index contributed by atoms with van der Waals surface area (Å²) in [5.41, 5.74) is 0.0966. The van der Waals surface area contributed by atoms with Crippen LogP contribution in [0, 0.1) is 11.8 Å². The van der Waals surface area contributed by atoms with E-state index in [1.165, 1.54) is 19.3 Å². The van der Waals surface area contributed by atoms with E-state index in [1.54, 1.807) is 11.8 Å². The number of rotatable bonds is 7. The van der Waals surface area contributed by atoms with Crippen molar-refractivity contribution in [2.45, 2.75) is 90.2 Å². The van der Waals surface area contributed by atoms with Gasteiger partial charge in [-0.3, -0.25) is 9.69 Å². The zero-order valence-electron chi connectivity index (χ0n) is 18.4. The van der Waals surface area contributed by atoms with Gasteiger partial charge in [0.25, 0.3) is 0 Å². The Balaban J connectivity index is 1.76. The van der Waals surface area contributed by atoms with Crippen LogP contribution in [0.1, 0.15) is 71.3 Å². The van der Waals surface area contributed by atoms with Crippen molar-refractivity contribution < 1.29 is 24.2 Å². The molecule has 1 aliphatic carbocycles. The van der Waals surface area contributed by atoms with Crippen LogP contribution in [0.2, 0.25) is 0 Å². The molecule has 2 aliphatic rings. The molecule has 2 fully saturated rings. The Morgan fingerprint density at radius 1 is 1.20 bits per heavy atom. The lowest BCUT2D eigenvalue weighted by Gasteiger charge is -2.35. The van der Waals surface area contributed by atoms with Crippen LogP contribution in [0.25, 0.3) is 0 Å². The van der Waals surface area contributed by atoms with E-state index >= 15 is 0 Å². The first kappa shape index (κ1) is 22.6. The summed E-state index contributed by atoms with van der Waals surface area (Å²) in [5.74, 6) is -0.828. The second-order valence-corrected chi connectivity index (χ2v) is 9.30. The molecule has 0 unspecified atom stereocenters. The summed E-state index contributed by atoms with van der Waals surface area (Å²) < 4.78 is 11.9. The minimum atomic E-state index is -0.837. The van der Waals surface area contributed by atoms with Crippen LogP contribution in [0.3, 0.4) is 0 Å². The van der Waals surface area contributed by atoms with Gasteiger partial charge >= 0.3 is 12.1 Å². The molecule has 1 aromatic carbocycles. The number of hydrogen-bond acceptors (Lipinski definition) is 4. The van der Waals surface area contributed by atoms with E-state index in [4.69, 9.17) is 9.47 Å². The summed E-state index contributed by atoms with van der Waals surface area (Å²) in [6, 6.07) is 9.44. The molecule has 1 heterocycles. The molecule has 1 N–H and O–H groups in total. The molecule has 3 rings (SSSR count). The summed E-state index contributed by atoms with van der Waals surface area (Å²) in [7, 11) is 0. The number of carbonyl (C=O) groups excluding carboxylic acids is 1. The molecule has 1 aliphatic heterocycles. The van der Waals surface area contributed by atoms with E-state index < -0.39 is 23.7 Å². The summed E-state index contributed by atoms with van der Waals surface area (Å²) >= 11 is 0. The quantitative estimate of drug-likeness (QED) is 0.659. The summed E-state index contributed by atoms with van der Waals surface area (Å²) in [4.78, 5) is 26.3. The van der Waals surface area contributed by atoms with E-state index in [2.05, 4.69) is 0 Å². The van der Waals surface area contributed by atoms with Crippen molar-refractivity contribution in [2.24, 2.45) is 11.8 Å². The highest BCUT2D eigenvalue weighted by molar-refractivity contribution is 5.70. The number of carbonyl (C=O) groups is 2. The lowest BCUT2D eigenvalue weighted by atomic mass is 9.82. The molecule has 0 radical (unpaired) electrons. The van der Waals surface area contributed by atoms with Gasteiger partial charge in [0.2, 0.25) is 0 Å². The van der Waals surface area contributed by atoms with E-state index in [0.717, 1.165) is 24.8 Å². The SMILES string of the molecule is C[C@@H](C[C@@H]1OC(C)(C)N(C(=O)OCc2ccccc2)[C@H]1CC1CCCCC1)C(=O)O. The highest BCUT2D eigenvalue weighted by atomic mass is 16.6. The molecule has 30 heavy (non-hydrogen) atoms. The first-order valence-electron chi connectivity index (χ1n) is 11.2. The fourth-order valence-electron chi connectivity index (χ4n) is 4.89. The number of hydrogen-bond donors (Lipinski definition) is 1. The molecule has 1 amide bonds. The van der Waals surface area contributed by atoms with Crippen LogP contribution in [0.5, 0.6) is 0 Å². The first-order valence-corrected chi connectivity index (χ1v) is 11.2. The summed E-state index contributed by atoms with van der Waals surface area (Å²) in [6.07, 6.45) is 6.54. The van der Waals surface area contributed by atoms with Crippen LogP contribution in [0.4, 0.5) is 4.79 Å². The molecule has 6 heteroatoms. The lowest BCUT2D eigenvalue weighted by molar-refractivity contribution is -0.143. The first-order chi connectivity index (χ1) is 14.3. The third-order valence-corrected chi connectivity index (χ3v) is 6.49. The standard InChI is InChI=1S/C24H35NO5/c1-17(22(26)27)14-21-20(15-18-10-6-4-7-11-18)25(24(2,3)30-21)23(28)29-16-19-12-8-5-9-13-19/h5,8-9,12-13,17-18,20-21H,4,6-7,10-11,14-16H2,1-3H3,(H,26,27)/t17-,20-,21-/m0/s1. The van der Waals surface area contributed by atoms with Crippen LogP contribution in [-0.2, 0) is 20.9 Å². The fourth-order valence-corrected chi connectivity index (χ4v) is 4.89. The van der Waals surface area contributed by atoms with Crippen LogP contribution in [-0.4, -0.2) is 39.9 Å². The van der Waals surface area contributed by atoms with Crippen molar-refractivity contribution in [1.82, 2.24) is 4.90 Å². The number of ether oxygens (including phenoxy) is 2. The average molecular weight is 418 g/mol. The maximum atomic E-state index is 13.2. The van der Waals surface area contributed by atoms with Gasteiger partial charge in [-0.15, -0.1) is 0 Å². The number of amides is 1. The average Bonchev–Trinajstić information content (AvgIpc) is 2.96. The van der Waals surface area contributed by atoms with E-state index in [9.17, 15) is 14.7 Å². The molecule has 6 nitrogen and oxygen atoms in total. The van der Waals surface area contributed by atoms with E-state index in [1.807, 2.05) is 44.2 Å². The summed E-state index contributed by atoms with van der Waals surface area (Å²) in [6.45, 7) is 5.65. The largest absolute Gasteiger partial charge is 0.481 e. The Bertz CT molecular complexity index is 714. The van der Waals surface area contributed by atoms with Gasteiger partial charge in [0.15, 0.2) is 0 Å². The monoisotopic (exact) mass is 417 g/mol. The molecule has 166 valence electrons. The summed E-state index contributed by atoms with van der Waals surface area (Å²) in [5, 5.41) is 9.40. The van der Waals surface area contributed by atoms with Crippen LogP contribution < -0.4 is 0 Å². The lowest BCUT2D eigenvalue weighted by Crippen LogP contribution is -2.49. The second-order valence-electron chi connectivity index (χ2n) is 9.30. The normalized spacial score (nSPS) is 25.1. The van der Waals surface area contributed by atoms with Crippen LogP contribution >= 0.6 is 0 Å². The zero-order chi connectivity index (χ0) is 21.7. The number of carboxylic acids is 1. The van der Waals surface area contributed by atoms with Crippen molar-refractivity contribution in [1.29, 1.82) is 0 Å². The van der Waals surface area contributed by atoms with Gasteiger partial charge in [-0.05, 0) is 38.2 Å². The van der Waals surface area contributed by atoms with Gasteiger partial charge in [0.1, 0.15) is 12.3 Å². The van der Waals surface area contributed by atoms with Crippen molar-refractivity contribution >= 4 is 12.1 Å². The van der Waals surface area contributed by atoms with Gasteiger partial charge in [0.05, 0.1) is 18.1 Å². The predicted molar refractivity (Wildman–Crippen MR) is 114 cm³/mol. The number of aliphatic carboxylic acids is 1. The van der Waals surface area contributed by atoms with Gasteiger partial charge in [-0.2, -0.15) is 0 Å². The predicted octanol–water partition coefficient (Wildman–Crippen LogP) is 5.21. The van der Waals surface area contributed by atoms with E-state index in [-0.39, 0.29) is 18.8 Å². The van der Waals surface area contributed by atoms with Crippen molar-refractivity contribution in [2.75, 3.05) is 0 Å². The van der Waals surface area contributed by atoms with E-state index in [0.29, 0.717) is 12.3 Å². The van der Waals surface area contributed by atoms with Crippen molar-refractivity contribution in [3.05, 3.63) is 35.9 Å². The maximum absolute atomic E-state index is 13.2. The van der Waals surface area contributed by atoms with Gasteiger partial charge in [0, 0.05) is 0 Å². The molecule has 1 saturated heterocycles. The molecular weight excluding hydrogens is 382 g/mol. The minimum absolute atomic E-state index is 0.173. The highest BCUT2D eigenvalue weighted by Gasteiger charge is 2.51. The Labute approximate surface area is 179 Å². The minimum Gasteiger partial charge on any atom is -0.481 e. The molecule has 3 atom stereocenters. The number of benzene rings is 1. The van der Waals surface area contributed by atoms with Gasteiger partial charge in [-0.1, -0.05) is 69.4 Å². The molecule has 0 spiro atoms. The Morgan fingerprint density at radius 3 is 2.50 bits per heavy atom. The van der Waals surface area contributed by atoms with Gasteiger partial charge in [-0.25, -0.2) is 4.79 Å². The Morgan fingerprint density at radius 2 is 1.87 bits per heavy atom.